The number of pyridine rings is 1. The van der Waals surface area contributed by atoms with Crippen LogP contribution in [-0.4, -0.2) is 39.1 Å². The van der Waals surface area contributed by atoms with Gasteiger partial charge in [0, 0.05) is 37.2 Å². The number of nitrogens with zero attached hydrogens (tertiary/aromatic N) is 4. The maximum absolute atomic E-state index is 12.6. The molecule has 3 aromatic rings. The Labute approximate surface area is 161 Å². The fourth-order valence-electron chi connectivity index (χ4n) is 3.93. The summed E-state index contributed by atoms with van der Waals surface area (Å²) in [6.07, 6.45) is 7.32. The quantitative estimate of drug-likeness (QED) is 0.689. The SMILES string of the molecule is Cc1ncc2c(c1-c1noc(C3CCCO3)n1)CCN(C(=O)c1ccoc1)C2. The van der Waals surface area contributed by atoms with E-state index in [-0.39, 0.29) is 12.0 Å². The van der Waals surface area contributed by atoms with Gasteiger partial charge < -0.3 is 18.6 Å². The van der Waals surface area contributed by atoms with Crippen molar-refractivity contribution in [2.75, 3.05) is 13.2 Å². The van der Waals surface area contributed by atoms with Gasteiger partial charge in [0.15, 0.2) is 0 Å². The number of hydrogen-bond donors (Lipinski definition) is 0. The lowest BCUT2D eigenvalue weighted by Gasteiger charge is -2.29. The summed E-state index contributed by atoms with van der Waals surface area (Å²) >= 11 is 0. The predicted octanol–water partition coefficient (Wildman–Crippen LogP) is 3.08. The fraction of sp³-hybridized carbons (Fsp3) is 0.400. The van der Waals surface area contributed by atoms with E-state index in [0.29, 0.717) is 36.8 Å². The molecule has 5 heterocycles. The molecule has 1 atom stereocenters. The minimum absolute atomic E-state index is 0.0400. The molecule has 1 fully saturated rings. The molecule has 2 aliphatic heterocycles. The molecular weight excluding hydrogens is 360 g/mol. The number of carbonyl (C=O) groups excluding carboxylic acids is 1. The van der Waals surface area contributed by atoms with Crippen molar-refractivity contribution in [2.45, 2.75) is 38.8 Å². The molecular formula is C20H20N4O4. The van der Waals surface area contributed by atoms with Gasteiger partial charge in [-0.3, -0.25) is 9.78 Å². The normalized spacial score (nSPS) is 19.0. The van der Waals surface area contributed by atoms with Crippen LogP contribution < -0.4 is 0 Å². The van der Waals surface area contributed by atoms with Crippen LogP contribution in [-0.2, 0) is 17.7 Å². The Hall–Kier alpha value is -3.00. The van der Waals surface area contributed by atoms with Crippen molar-refractivity contribution in [2.24, 2.45) is 0 Å². The standard InChI is InChI=1S/C20H20N4O4/c1-12-17(18-22-19(28-23-18)16-3-2-7-27-16)15-4-6-24(10-14(15)9-21-12)20(25)13-5-8-26-11-13/h5,8-9,11,16H,2-4,6-7,10H2,1H3. The van der Waals surface area contributed by atoms with Crippen LogP contribution in [0.2, 0.25) is 0 Å². The second-order valence-corrected chi connectivity index (χ2v) is 7.17. The van der Waals surface area contributed by atoms with Crippen molar-refractivity contribution < 1.29 is 18.5 Å². The van der Waals surface area contributed by atoms with E-state index < -0.39 is 0 Å². The molecule has 5 rings (SSSR count). The summed E-state index contributed by atoms with van der Waals surface area (Å²) in [5, 5.41) is 4.20. The monoisotopic (exact) mass is 380 g/mol. The number of rotatable bonds is 3. The van der Waals surface area contributed by atoms with E-state index >= 15 is 0 Å². The highest BCUT2D eigenvalue weighted by Gasteiger charge is 2.29. The molecule has 28 heavy (non-hydrogen) atoms. The maximum atomic E-state index is 12.6. The number of furan rings is 1. The van der Waals surface area contributed by atoms with Crippen LogP contribution in [0.5, 0.6) is 0 Å². The molecule has 8 nitrogen and oxygen atoms in total. The smallest absolute Gasteiger partial charge is 0.257 e. The van der Waals surface area contributed by atoms with Crippen molar-refractivity contribution in [3.05, 3.63) is 53.1 Å². The molecule has 8 heteroatoms. The summed E-state index contributed by atoms with van der Waals surface area (Å²) < 4.78 is 16.1. The summed E-state index contributed by atoms with van der Waals surface area (Å²) in [6, 6.07) is 1.68. The van der Waals surface area contributed by atoms with Crippen molar-refractivity contribution in [3.8, 4) is 11.4 Å². The Balaban J connectivity index is 1.45. The average molecular weight is 380 g/mol. The number of aryl methyl sites for hydroxylation is 1. The Morgan fingerprint density at radius 2 is 2.29 bits per heavy atom. The van der Waals surface area contributed by atoms with Crippen LogP contribution in [0, 0.1) is 6.92 Å². The van der Waals surface area contributed by atoms with Crippen LogP contribution in [0.1, 0.15) is 52.0 Å². The van der Waals surface area contributed by atoms with Crippen LogP contribution in [0.25, 0.3) is 11.4 Å². The van der Waals surface area contributed by atoms with E-state index in [0.717, 1.165) is 41.8 Å². The number of aromatic nitrogens is 3. The number of ether oxygens (including phenoxy) is 1. The molecule has 0 aliphatic carbocycles. The first kappa shape index (κ1) is 17.1. The number of amides is 1. The van der Waals surface area contributed by atoms with Gasteiger partial charge >= 0.3 is 0 Å². The van der Waals surface area contributed by atoms with Gasteiger partial charge in [-0.25, -0.2) is 0 Å². The van der Waals surface area contributed by atoms with Crippen LogP contribution in [0.15, 0.2) is 33.7 Å². The van der Waals surface area contributed by atoms with Gasteiger partial charge in [0.2, 0.25) is 5.82 Å². The number of carbonyl (C=O) groups is 1. The first-order valence-corrected chi connectivity index (χ1v) is 9.45. The summed E-state index contributed by atoms with van der Waals surface area (Å²) in [4.78, 5) is 23.6. The third-order valence-corrected chi connectivity index (χ3v) is 5.38. The van der Waals surface area contributed by atoms with Gasteiger partial charge in [-0.15, -0.1) is 0 Å². The van der Waals surface area contributed by atoms with Gasteiger partial charge in [0.1, 0.15) is 12.4 Å². The highest BCUT2D eigenvalue weighted by atomic mass is 16.5. The van der Waals surface area contributed by atoms with Gasteiger partial charge in [0.25, 0.3) is 11.8 Å². The lowest BCUT2D eigenvalue weighted by molar-refractivity contribution is 0.0734. The summed E-state index contributed by atoms with van der Waals surface area (Å²) in [6.45, 7) is 3.78. The van der Waals surface area contributed by atoms with Crippen molar-refractivity contribution in [1.29, 1.82) is 0 Å². The third kappa shape index (κ3) is 2.90. The highest BCUT2D eigenvalue weighted by Crippen LogP contribution is 2.33. The first-order valence-electron chi connectivity index (χ1n) is 9.45. The molecule has 1 saturated heterocycles. The largest absolute Gasteiger partial charge is 0.472 e. The second-order valence-electron chi connectivity index (χ2n) is 7.17. The molecule has 0 saturated carbocycles. The Kier molecular flexibility index (Phi) is 4.20. The summed E-state index contributed by atoms with van der Waals surface area (Å²) in [5.74, 6) is 1.03. The molecule has 0 bridgehead atoms. The van der Waals surface area contributed by atoms with Gasteiger partial charge in [0.05, 0.1) is 11.8 Å². The Morgan fingerprint density at radius 1 is 1.36 bits per heavy atom. The van der Waals surface area contributed by atoms with E-state index in [1.165, 1.54) is 12.5 Å². The number of fused-ring (bicyclic) bond motifs is 1. The summed E-state index contributed by atoms with van der Waals surface area (Å²) in [5.41, 5.74) is 4.45. The Bertz CT molecular complexity index is 1010. The van der Waals surface area contributed by atoms with Crippen molar-refractivity contribution >= 4 is 5.91 Å². The molecule has 2 aliphatic rings. The van der Waals surface area contributed by atoms with Crippen LogP contribution in [0.4, 0.5) is 0 Å². The minimum Gasteiger partial charge on any atom is -0.472 e. The van der Waals surface area contributed by atoms with Crippen molar-refractivity contribution in [1.82, 2.24) is 20.0 Å². The van der Waals surface area contributed by atoms with Gasteiger partial charge in [-0.05, 0) is 43.4 Å². The zero-order valence-corrected chi connectivity index (χ0v) is 15.6. The Morgan fingerprint density at radius 3 is 3.07 bits per heavy atom. The molecule has 0 spiro atoms. The van der Waals surface area contributed by atoms with Gasteiger partial charge in [-0.2, -0.15) is 4.98 Å². The lowest BCUT2D eigenvalue weighted by Crippen LogP contribution is -2.36. The molecule has 0 aromatic carbocycles. The van der Waals surface area contributed by atoms with Crippen molar-refractivity contribution in [3.63, 3.8) is 0 Å². The van der Waals surface area contributed by atoms with Gasteiger partial charge in [-0.1, -0.05) is 5.16 Å². The zero-order chi connectivity index (χ0) is 19.1. The molecule has 1 amide bonds. The van der Waals surface area contributed by atoms with Crippen LogP contribution in [0.3, 0.4) is 0 Å². The van der Waals surface area contributed by atoms with E-state index in [1.807, 2.05) is 18.0 Å². The molecule has 144 valence electrons. The molecule has 1 unspecified atom stereocenters. The van der Waals surface area contributed by atoms with E-state index in [4.69, 9.17) is 13.7 Å². The topological polar surface area (TPSA) is 94.5 Å². The van der Waals surface area contributed by atoms with Crippen LogP contribution >= 0.6 is 0 Å². The number of hydrogen-bond acceptors (Lipinski definition) is 7. The fourth-order valence-corrected chi connectivity index (χ4v) is 3.93. The van der Waals surface area contributed by atoms with E-state index in [9.17, 15) is 4.79 Å². The molecule has 3 aromatic heterocycles. The predicted molar refractivity (Wildman–Crippen MR) is 97.3 cm³/mol. The molecule has 0 radical (unpaired) electrons. The minimum atomic E-state index is -0.114. The van der Waals surface area contributed by atoms with E-state index in [2.05, 4.69) is 15.1 Å². The average Bonchev–Trinajstić information content (AvgIpc) is 3.49. The van der Waals surface area contributed by atoms with E-state index in [1.54, 1.807) is 6.07 Å². The lowest BCUT2D eigenvalue weighted by atomic mass is 9.94. The zero-order valence-electron chi connectivity index (χ0n) is 15.6. The second kappa shape index (κ2) is 6.87. The molecule has 0 N–H and O–H groups in total. The highest BCUT2D eigenvalue weighted by molar-refractivity contribution is 5.94. The third-order valence-electron chi connectivity index (χ3n) is 5.38. The maximum Gasteiger partial charge on any atom is 0.257 e. The first-order chi connectivity index (χ1) is 13.7. The summed E-state index contributed by atoms with van der Waals surface area (Å²) in [7, 11) is 0.